The number of aliphatic hydroxyl groups excluding tert-OH is 1. The Hall–Kier alpha value is -1.90. The Kier molecular flexibility index (Phi) is 6.71. The first kappa shape index (κ1) is 16.2. The van der Waals surface area contributed by atoms with E-state index in [4.69, 9.17) is 24.1 Å². The van der Waals surface area contributed by atoms with Crippen LogP contribution in [-0.4, -0.2) is 44.3 Å². The van der Waals surface area contributed by atoms with Crippen LogP contribution in [0.15, 0.2) is 12.1 Å². The highest BCUT2D eigenvalue weighted by Crippen LogP contribution is 2.39. The van der Waals surface area contributed by atoms with E-state index in [2.05, 4.69) is 0 Å². The number of rotatable bonds is 9. The van der Waals surface area contributed by atoms with Crippen molar-refractivity contribution in [1.82, 2.24) is 0 Å². The number of aliphatic hydroxyl groups is 1. The van der Waals surface area contributed by atoms with Gasteiger partial charge in [0.2, 0.25) is 5.75 Å². The molecular weight excluding hydrogens is 270 g/mol. The smallest absolute Gasteiger partial charge is 0.320 e. The van der Waals surface area contributed by atoms with Gasteiger partial charge in [0.15, 0.2) is 12.5 Å². The van der Waals surface area contributed by atoms with Crippen LogP contribution < -0.4 is 9.47 Å². The van der Waals surface area contributed by atoms with Crippen molar-refractivity contribution in [3.8, 4) is 11.5 Å². The minimum absolute atomic E-state index is 0.0445. The lowest BCUT2D eigenvalue weighted by molar-refractivity contribution is -0.386. The SMILES string of the molecule is COCCOCOc1ccc(CO)c([N+](=O)[O-])c1OC. The molecule has 1 rings (SSSR count). The third-order valence-corrected chi connectivity index (χ3v) is 2.47. The van der Waals surface area contributed by atoms with Crippen LogP contribution in [0.25, 0.3) is 0 Å². The molecule has 0 unspecified atom stereocenters. The fourth-order valence-corrected chi connectivity index (χ4v) is 1.54. The summed E-state index contributed by atoms with van der Waals surface area (Å²) < 4.78 is 20.2. The predicted octanol–water partition coefficient (Wildman–Crippen LogP) is 1.09. The van der Waals surface area contributed by atoms with E-state index >= 15 is 0 Å². The molecule has 1 aromatic rings. The highest BCUT2D eigenvalue weighted by molar-refractivity contribution is 5.60. The van der Waals surface area contributed by atoms with Crippen LogP contribution in [0.2, 0.25) is 0 Å². The molecule has 0 aliphatic rings. The molecule has 0 aliphatic heterocycles. The maximum atomic E-state index is 11.0. The number of benzene rings is 1. The third kappa shape index (κ3) is 4.05. The second-order valence-electron chi connectivity index (χ2n) is 3.68. The fraction of sp³-hybridized carbons (Fsp3) is 0.500. The van der Waals surface area contributed by atoms with E-state index in [-0.39, 0.29) is 29.5 Å². The molecule has 0 saturated heterocycles. The van der Waals surface area contributed by atoms with Crippen molar-refractivity contribution in [1.29, 1.82) is 0 Å². The Morgan fingerprint density at radius 2 is 2.05 bits per heavy atom. The topological polar surface area (TPSA) is 100 Å². The molecule has 0 spiro atoms. The first-order valence-corrected chi connectivity index (χ1v) is 5.80. The van der Waals surface area contributed by atoms with Gasteiger partial charge in [0.05, 0.1) is 37.4 Å². The second kappa shape index (κ2) is 8.31. The highest BCUT2D eigenvalue weighted by Gasteiger charge is 2.24. The summed E-state index contributed by atoms with van der Waals surface area (Å²) in [6, 6.07) is 2.89. The van der Waals surface area contributed by atoms with Crippen molar-refractivity contribution in [2.45, 2.75) is 6.61 Å². The van der Waals surface area contributed by atoms with E-state index in [1.807, 2.05) is 0 Å². The van der Waals surface area contributed by atoms with Crippen molar-refractivity contribution in [3.05, 3.63) is 27.8 Å². The summed E-state index contributed by atoms with van der Waals surface area (Å²) in [6.07, 6.45) is 0. The Labute approximate surface area is 116 Å². The molecule has 0 saturated carbocycles. The zero-order chi connectivity index (χ0) is 15.0. The molecule has 0 atom stereocenters. The molecule has 20 heavy (non-hydrogen) atoms. The van der Waals surface area contributed by atoms with Gasteiger partial charge in [-0.25, -0.2) is 0 Å². The number of hydrogen-bond donors (Lipinski definition) is 1. The van der Waals surface area contributed by atoms with Gasteiger partial charge in [0.25, 0.3) is 0 Å². The van der Waals surface area contributed by atoms with E-state index < -0.39 is 11.5 Å². The standard InChI is InChI=1S/C12H17NO7/c1-17-5-6-19-8-20-10-4-3-9(7-14)11(13(15)16)12(10)18-2/h3-4,14H,5-8H2,1-2H3. The van der Waals surface area contributed by atoms with Crippen LogP contribution in [0.3, 0.4) is 0 Å². The lowest BCUT2D eigenvalue weighted by atomic mass is 10.1. The van der Waals surface area contributed by atoms with Crippen molar-refractivity contribution >= 4 is 5.69 Å². The van der Waals surface area contributed by atoms with E-state index in [1.54, 1.807) is 7.11 Å². The van der Waals surface area contributed by atoms with Gasteiger partial charge in [0.1, 0.15) is 0 Å². The Bertz CT molecular complexity index is 450. The van der Waals surface area contributed by atoms with Gasteiger partial charge in [-0.05, 0) is 12.1 Å². The minimum Gasteiger partial charge on any atom is -0.488 e. The van der Waals surface area contributed by atoms with Crippen molar-refractivity contribution in [2.75, 3.05) is 34.2 Å². The lowest BCUT2D eigenvalue weighted by Crippen LogP contribution is -2.09. The van der Waals surface area contributed by atoms with Crippen molar-refractivity contribution in [3.63, 3.8) is 0 Å². The molecule has 0 aromatic heterocycles. The third-order valence-electron chi connectivity index (χ3n) is 2.47. The average molecular weight is 287 g/mol. The molecular formula is C12H17NO7. The summed E-state index contributed by atoms with van der Waals surface area (Å²) in [7, 11) is 2.84. The predicted molar refractivity (Wildman–Crippen MR) is 68.9 cm³/mol. The van der Waals surface area contributed by atoms with E-state index in [0.29, 0.717) is 13.2 Å². The zero-order valence-corrected chi connectivity index (χ0v) is 11.3. The van der Waals surface area contributed by atoms with E-state index in [1.165, 1.54) is 19.2 Å². The molecule has 0 amide bonds. The molecule has 1 N–H and O–H groups in total. The summed E-state index contributed by atoms with van der Waals surface area (Å²) in [6.45, 7) is 0.215. The lowest BCUT2D eigenvalue weighted by Gasteiger charge is -2.12. The van der Waals surface area contributed by atoms with Gasteiger partial charge in [-0.3, -0.25) is 10.1 Å². The molecule has 1 aromatic carbocycles. The van der Waals surface area contributed by atoms with Crippen molar-refractivity contribution < 1.29 is 29.0 Å². The van der Waals surface area contributed by atoms with Gasteiger partial charge < -0.3 is 24.1 Å². The maximum absolute atomic E-state index is 11.0. The van der Waals surface area contributed by atoms with Crippen molar-refractivity contribution in [2.24, 2.45) is 0 Å². The fourth-order valence-electron chi connectivity index (χ4n) is 1.54. The van der Waals surface area contributed by atoms with Gasteiger partial charge >= 0.3 is 5.69 Å². The van der Waals surface area contributed by atoms with Crippen LogP contribution in [-0.2, 0) is 16.1 Å². The number of nitro benzene ring substituents is 1. The van der Waals surface area contributed by atoms with Gasteiger partial charge in [0, 0.05) is 7.11 Å². The summed E-state index contributed by atoms with van der Waals surface area (Å²) >= 11 is 0. The van der Waals surface area contributed by atoms with Crippen LogP contribution in [0.5, 0.6) is 11.5 Å². The van der Waals surface area contributed by atoms with E-state index in [9.17, 15) is 10.1 Å². The number of hydrogen-bond acceptors (Lipinski definition) is 7. The summed E-state index contributed by atoms with van der Waals surface area (Å²) in [4.78, 5) is 10.4. The zero-order valence-electron chi connectivity index (χ0n) is 11.3. The Balaban J connectivity index is 2.86. The molecule has 8 nitrogen and oxygen atoms in total. The number of ether oxygens (including phenoxy) is 4. The number of methoxy groups -OCH3 is 2. The van der Waals surface area contributed by atoms with Gasteiger partial charge in [-0.2, -0.15) is 0 Å². The summed E-state index contributed by atoms with van der Waals surface area (Å²) in [5.74, 6) is 0.130. The molecule has 0 radical (unpaired) electrons. The second-order valence-corrected chi connectivity index (χ2v) is 3.68. The van der Waals surface area contributed by atoms with Gasteiger partial charge in [-0.15, -0.1) is 0 Å². The number of nitro groups is 1. The van der Waals surface area contributed by atoms with Crippen LogP contribution in [0, 0.1) is 10.1 Å². The largest absolute Gasteiger partial charge is 0.488 e. The van der Waals surface area contributed by atoms with E-state index in [0.717, 1.165) is 0 Å². The summed E-state index contributed by atoms with van der Waals surface area (Å²) in [5.41, 5.74) is -0.163. The molecule has 0 bridgehead atoms. The monoisotopic (exact) mass is 287 g/mol. The number of nitrogens with zero attached hydrogens (tertiary/aromatic N) is 1. The van der Waals surface area contributed by atoms with Crippen LogP contribution in [0.4, 0.5) is 5.69 Å². The van der Waals surface area contributed by atoms with Crippen LogP contribution >= 0.6 is 0 Å². The first-order chi connectivity index (χ1) is 9.65. The maximum Gasteiger partial charge on any atom is 0.320 e. The minimum atomic E-state index is -0.622. The molecule has 0 heterocycles. The summed E-state index contributed by atoms with van der Waals surface area (Å²) in [5, 5.41) is 20.2. The highest BCUT2D eigenvalue weighted by atomic mass is 16.7. The molecule has 112 valence electrons. The quantitative estimate of drug-likeness (QED) is 0.314. The Morgan fingerprint density at radius 3 is 2.60 bits per heavy atom. The molecule has 0 aliphatic carbocycles. The van der Waals surface area contributed by atoms with Gasteiger partial charge in [-0.1, -0.05) is 0 Å². The normalized spacial score (nSPS) is 10.3. The first-order valence-electron chi connectivity index (χ1n) is 5.80. The molecule has 8 heteroatoms. The Morgan fingerprint density at radius 1 is 1.30 bits per heavy atom. The molecule has 0 fully saturated rings. The average Bonchev–Trinajstić information content (AvgIpc) is 2.45. The van der Waals surface area contributed by atoms with Crippen LogP contribution in [0.1, 0.15) is 5.56 Å².